The number of benzene rings is 2. The molecule has 31 heavy (non-hydrogen) atoms. The Bertz CT molecular complexity index is 1070. The van der Waals surface area contributed by atoms with Crippen LogP contribution in [0.3, 0.4) is 0 Å². The molecule has 11 heteroatoms. The van der Waals surface area contributed by atoms with Gasteiger partial charge in [0, 0.05) is 11.6 Å². The third-order valence-corrected chi connectivity index (χ3v) is 5.68. The summed E-state index contributed by atoms with van der Waals surface area (Å²) < 4.78 is 30.9. The highest BCUT2D eigenvalue weighted by Gasteiger charge is 2.27. The molecule has 1 unspecified atom stereocenters. The quantitative estimate of drug-likeness (QED) is 0.339. The number of hydrogen-bond donors (Lipinski definition) is 2. The van der Waals surface area contributed by atoms with E-state index in [1.165, 1.54) is 49.5 Å². The molecular formula is C20H23N3O7S. The molecule has 166 valence electrons. The highest BCUT2D eigenvalue weighted by molar-refractivity contribution is 7.89. The summed E-state index contributed by atoms with van der Waals surface area (Å²) in [5.41, 5.74) is 0.0207. The van der Waals surface area contributed by atoms with Gasteiger partial charge in [0.2, 0.25) is 10.0 Å². The number of nitro benzene ring substituents is 1. The lowest BCUT2D eigenvalue weighted by Crippen LogP contribution is -2.31. The first-order valence-corrected chi connectivity index (χ1v) is 10.8. The van der Waals surface area contributed by atoms with Gasteiger partial charge in [-0.3, -0.25) is 19.7 Å². The summed E-state index contributed by atoms with van der Waals surface area (Å²) in [6, 6.07) is 9.88. The van der Waals surface area contributed by atoms with Crippen molar-refractivity contribution in [1.29, 1.82) is 0 Å². The normalized spacial score (nSPS) is 12.3. The number of amides is 1. The Hall–Kier alpha value is -3.31. The van der Waals surface area contributed by atoms with Gasteiger partial charge in [-0.1, -0.05) is 18.2 Å². The second-order valence-corrected chi connectivity index (χ2v) is 8.70. The first kappa shape index (κ1) is 24.0. The minimum atomic E-state index is -3.67. The van der Waals surface area contributed by atoms with Gasteiger partial charge in [-0.25, -0.2) is 13.1 Å². The average molecular weight is 449 g/mol. The van der Waals surface area contributed by atoms with Crippen LogP contribution in [0.4, 0.5) is 5.69 Å². The van der Waals surface area contributed by atoms with Crippen molar-refractivity contribution in [2.24, 2.45) is 0 Å². The minimum Gasteiger partial charge on any atom is -0.463 e. The van der Waals surface area contributed by atoms with E-state index in [4.69, 9.17) is 4.74 Å². The SMILES string of the molecule is CNS(=O)(=O)c1ccc(C(=O)NC(CC(=O)OC(C)C)c2ccccc2[N+](=O)[O-])cc1. The number of ether oxygens (including phenoxy) is 1. The molecule has 1 amide bonds. The zero-order valence-electron chi connectivity index (χ0n) is 17.2. The van der Waals surface area contributed by atoms with Crippen molar-refractivity contribution in [2.75, 3.05) is 7.05 Å². The number of nitrogens with one attached hydrogen (secondary N) is 2. The van der Waals surface area contributed by atoms with Crippen LogP contribution in [0.25, 0.3) is 0 Å². The molecule has 0 heterocycles. The Labute approximate surface area is 179 Å². The predicted octanol–water partition coefficient (Wildman–Crippen LogP) is 2.32. The van der Waals surface area contributed by atoms with Crippen molar-refractivity contribution in [1.82, 2.24) is 10.0 Å². The molecule has 0 bridgehead atoms. The number of esters is 1. The van der Waals surface area contributed by atoms with Crippen LogP contribution in [0.1, 0.15) is 42.2 Å². The predicted molar refractivity (Wildman–Crippen MR) is 112 cm³/mol. The van der Waals surface area contributed by atoms with Gasteiger partial charge in [-0.2, -0.15) is 0 Å². The standard InChI is InChI=1S/C20H23N3O7S/c1-13(2)30-19(24)12-17(16-6-4-5-7-18(16)23(26)27)22-20(25)14-8-10-15(11-9-14)31(28,29)21-3/h4-11,13,17,21H,12H2,1-3H3,(H,22,25). The summed E-state index contributed by atoms with van der Waals surface area (Å²) in [4.78, 5) is 35.7. The summed E-state index contributed by atoms with van der Waals surface area (Å²) in [6.07, 6.45) is -0.711. The van der Waals surface area contributed by atoms with E-state index in [9.17, 15) is 28.1 Å². The molecule has 2 N–H and O–H groups in total. The van der Waals surface area contributed by atoms with Crippen molar-refractivity contribution in [2.45, 2.75) is 37.3 Å². The van der Waals surface area contributed by atoms with Gasteiger partial charge in [0.05, 0.1) is 33.9 Å². The third-order valence-electron chi connectivity index (χ3n) is 4.25. The molecule has 0 aliphatic rings. The molecule has 2 rings (SSSR count). The van der Waals surface area contributed by atoms with Crippen LogP contribution in [0, 0.1) is 10.1 Å². The molecule has 2 aromatic rings. The van der Waals surface area contributed by atoms with E-state index in [-0.39, 0.29) is 28.1 Å². The minimum absolute atomic E-state index is 0.0256. The topological polar surface area (TPSA) is 145 Å². The van der Waals surface area contributed by atoms with Crippen LogP contribution in [0.2, 0.25) is 0 Å². The molecule has 0 aliphatic carbocycles. The number of nitrogens with zero attached hydrogens (tertiary/aromatic N) is 1. The Morgan fingerprint density at radius 1 is 1.10 bits per heavy atom. The van der Waals surface area contributed by atoms with Crippen molar-refractivity contribution in [3.63, 3.8) is 0 Å². The lowest BCUT2D eigenvalue weighted by atomic mass is 10.0. The number of nitro groups is 1. The van der Waals surface area contributed by atoms with E-state index in [0.717, 1.165) is 0 Å². The van der Waals surface area contributed by atoms with Gasteiger partial charge < -0.3 is 10.1 Å². The van der Waals surface area contributed by atoms with Crippen LogP contribution < -0.4 is 10.0 Å². The molecule has 2 aromatic carbocycles. The molecule has 1 atom stereocenters. The van der Waals surface area contributed by atoms with E-state index in [2.05, 4.69) is 10.0 Å². The molecule has 0 aromatic heterocycles. The van der Waals surface area contributed by atoms with Crippen LogP contribution in [-0.4, -0.2) is 38.4 Å². The molecule has 0 saturated carbocycles. The van der Waals surface area contributed by atoms with Crippen molar-refractivity contribution in [3.8, 4) is 0 Å². The number of hydrogen-bond acceptors (Lipinski definition) is 7. The van der Waals surface area contributed by atoms with Crippen molar-refractivity contribution in [3.05, 3.63) is 69.8 Å². The molecule has 10 nitrogen and oxygen atoms in total. The van der Waals surface area contributed by atoms with Crippen LogP contribution >= 0.6 is 0 Å². The molecule has 0 saturated heterocycles. The number of rotatable bonds is 9. The summed E-state index contributed by atoms with van der Waals surface area (Å²) in [5, 5.41) is 14.0. The smallest absolute Gasteiger partial charge is 0.308 e. The molecule has 0 radical (unpaired) electrons. The zero-order valence-corrected chi connectivity index (χ0v) is 18.0. The summed E-state index contributed by atoms with van der Waals surface area (Å²) in [7, 11) is -2.40. The molecular weight excluding hydrogens is 426 g/mol. The fourth-order valence-corrected chi connectivity index (χ4v) is 3.54. The van der Waals surface area contributed by atoms with E-state index in [1.807, 2.05) is 0 Å². The van der Waals surface area contributed by atoms with Crippen molar-refractivity contribution < 1.29 is 27.7 Å². The third kappa shape index (κ3) is 6.33. The molecule has 0 fully saturated rings. The van der Waals surface area contributed by atoms with Gasteiger partial charge in [-0.05, 0) is 45.2 Å². The first-order chi connectivity index (χ1) is 14.5. The molecule has 0 spiro atoms. The summed E-state index contributed by atoms with van der Waals surface area (Å²) in [6.45, 7) is 3.33. The average Bonchev–Trinajstić information content (AvgIpc) is 2.72. The van der Waals surface area contributed by atoms with Gasteiger partial charge >= 0.3 is 5.97 Å². The number of sulfonamides is 1. The fraction of sp³-hybridized carbons (Fsp3) is 0.300. The lowest BCUT2D eigenvalue weighted by molar-refractivity contribution is -0.385. The van der Waals surface area contributed by atoms with Crippen LogP contribution in [-0.2, 0) is 19.6 Å². The van der Waals surface area contributed by atoms with Crippen molar-refractivity contribution >= 4 is 27.6 Å². The maximum Gasteiger partial charge on any atom is 0.308 e. The maximum absolute atomic E-state index is 12.7. The number of para-hydroxylation sites is 1. The van der Waals surface area contributed by atoms with E-state index in [1.54, 1.807) is 19.9 Å². The Kier molecular flexibility index (Phi) is 7.83. The van der Waals surface area contributed by atoms with Gasteiger partial charge in [0.1, 0.15) is 0 Å². The van der Waals surface area contributed by atoms with Gasteiger partial charge in [0.25, 0.3) is 11.6 Å². The van der Waals surface area contributed by atoms with Crippen LogP contribution in [0.5, 0.6) is 0 Å². The highest BCUT2D eigenvalue weighted by atomic mass is 32.2. The van der Waals surface area contributed by atoms with Crippen LogP contribution in [0.15, 0.2) is 53.4 Å². The van der Waals surface area contributed by atoms with E-state index < -0.39 is 39.0 Å². The Balaban J connectivity index is 2.34. The zero-order chi connectivity index (χ0) is 23.2. The Morgan fingerprint density at radius 2 is 1.71 bits per heavy atom. The molecule has 0 aliphatic heterocycles. The van der Waals surface area contributed by atoms with E-state index >= 15 is 0 Å². The second-order valence-electron chi connectivity index (χ2n) is 6.82. The number of carbonyl (C=O) groups excluding carboxylic acids is 2. The monoisotopic (exact) mass is 449 g/mol. The van der Waals surface area contributed by atoms with Gasteiger partial charge in [-0.15, -0.1) is 0 Å². The number of carbonyl (C=O) groups is 2. The fourth-order valence-electron chi connectivity index (χ4n) is 2.81. The highest BCUT2D eigenvalue weighted by Crippen LogP contribution is 2.28. The Morgan fingerprint density at radius 3 is 2.26 bits per heavy atom. The van der Waals surface area contributed by atoms with E-state index in [0.29, 0.717) is 0 Å². The maximum atomic E-state index is 12.7. The summed E-state index contributed by atoms with van der Waals surface area (Å²) in [5.74, 6) is -1.26. The van der Waals surface area contributed by atoms with Gasteiger partial charge in [0.15, 0.2) is 0 Å². The first-order valence-electron chi connectivity index (χ1n) is 9.32. The summed E-state index contributed by atoms with van der Waals surface area (Å²) >= 11 is 0. The largest absolute Gasteiger partial charge is 0.463 e. The second kappa shape index (κ2) is 10.1. The lowest BCUT2D eigenvalue weighted by Gasteiger charge is -2.19.